The van der Waals surface area contributed by atoms with Crippen LogP contribution < -0.4 is 5.32 Å². The molecule has 2 aromatic carbocycles. The second-order valence-electron chi connectivity index (χ2n) is 3.60. The Morgan fingerprint density at radius 3 is 2.44 bits per heavy atom. The molecule has 0 fully saturated rings. The predicted octanol–water partition coefficient (Wildman–Crippen LogP) is 3.56. The lowest BCUT2D eigenvalue weighted by Gasteiger charge is -2.10. The SMILES string of the molecule is Cc1cccc(-c2ccccc2)c1NC#N. The minimum absolute atomic E-state index is 0.885. The van der Waals surface area contributed by atoms with Gasteiger partial charge < -0.3 is 0 Å². The highest BCUT2D eigenvalue weighted by atomic mass is 14.9. The first kappa shape index (κ1) is 10.3. The standard InChI is InChI=1S/C14H12N2/c1-11-6-5-9-13(14(11)16-10-15)12-7-3-2-4-8-12/h2-9,16H,1H3. The fourth-order valence-corrected chi connectivity index (χ4v) is 1.75. The first-order valence-corrected chi connectivity index (χ1v) is 5.13. The molecule has 78 valence electrons. The molecular weight excluding hydrogens is 196 g/mol. The smallest absolute Gasteiger partial charge is 0.181 e. The highest BCUT2D eigenvalue weighted by molar-refractivity contribution is 5.80. The van der Waals surface area contributed by atoms with Gasteiger partial charge in [0.25, 0.3) is 0 Å². The number of nitrogens with one attached hydrogen (secondary N) is 1. The van der Waals surface area contributed by atoms with Crippen molar-refractivity contribution in [1.82, 2.24) is 0 Å². The third-order valence-electron chi connectivity index (χ3n) is 2.54. The number of para-hydroxylation sites is 1. The molecule has 0 radical (unpaired) electrons. The molecule has 0 saturated heterocycles. The maximum atomic E-state index is 8.75. The monoisotopic (exact) mass is 208 g/mol. The molecule has 0 atom stereocenters. The van der Waals surface area contributed by atoms with Gasteiger partial charge in [-0.2, -0.15) is 5.26 Å². The minimum Gasteiger partial charge on any atom is -0.292 e. The van der Waals surface area contributed by atoms with E-state index in [1.54, 1.807) is 0 Å². The molecule has 2 heteroatoms. The van der Waals surface area contributed by atoms with Gasteiger partial charge in [0.05, 0.1) is 5.69 Å². The van der Waals surface area contributed by atoms with Gasteiger partial charge in [-0.1, -0.05) is 48.5 Å². The summed E-state index contributed by atoms with van der Waals surface area (Å²) in [5.41, 5.74) is 4.13. The maximum Gasteiger partial charge on any atom is 0.181 e. The topological polar surface area (TPSA) is 35.8 Å². The van der Waals surface area contributed by atoms with Crippen LogP contribution in [0, 0.1) is 18.4 Å². The van der Waals surface area contributed by atoms with E-state index < -0.39 is 0 Å². The third-order valence-corrected chi connectivity index (χ3v) is 2.54. The molecule has 2 nitrogen and oxygen atoms in total. The summed E-state index contributed by atoms with van der Waals surface area (Å²) in [5, 5.41) is 11.5. The lowest BCUT2D eigenvalue weighted by Crippen LogP contribution is -1.94. The lowest BCUT2D eigenvalue weighted by atomic mass is 10.0. The fourth-order valence-electron chi connectivity index (χ4n) is 1.75. The first-order chi connectivity index (χ1) is 7.83. The summed E-state index contributed by atoms with van der Waals surface area (Å²) in [7, 11) is 0. The molecule has 1 N–H and O–H groups in total. The maximum absolute atomic E-state index is 8.75. The molecule has 0 saturated carbocycles. The van der Waals surface area contributed by atoms with Crippen LogP contribution >= 0.6 is 0 Å². The van der Waals surface area contributed by atoms with Crippen LogP contribution in [0.4, 0.5) is 5.69 Å². The van der Waals surface area contributed by atoms with Crippen molar-refractivity contribution in [3.05, 3.63) is 54.1 Å². The van der Waals surface area contributed by atoms with Crippen LogP contribution in [0.2, 0.25) is 0 Å². The molecule has 0 unspecified atom stereocenters. The van der Waals surface area contributed by atoms with Crippen LogP contribution in [0.25, 0.3) is 11.1 Å². The van der Waals surface area contributed by atoms with E-state index in [1.807, 2.05) is 61.6 Å². The van der Waals surface area contributed by atoms with E-state index in [0.29, 0.717) is 0 Å². The van der Waals surface area contributed by atoms with Gasteiger partial charge in [-0.3, -0.25) is 5.32 Å². The Labute approximate surface area is 95.2 Å². The van der Waals surface area contributed by atoms with E-state index >= 15 is 0 Å². The summed E-state index contributed by atoms with van der Waals surface area (Å²) in [5.74, 6) is 0. The molecule has 0 aliphatic carbocycles. The molecule has 2 aromatic rings. The third kappa shape index (κ3) is 1.89. The van der Waals surface area contributed by atoms with E-state index in [4.69, 9.17) is 5.26 Å². The molecule has 0 bridgehead atoms. The Balaban J connectivity index is 2.57. The second-order valence-corrected chi connectivity index (χ2v) is 3.60. The molecule has 0 aromatic heterocycles. The number of hydrogen-bond donors (Lipinski definition) is 1. The molecule has 0 heterocycles. The van der Waals surface area contributed by atoms with E-state index in [2.05, 4.69) is 5.32 Å². The van der Waals surface area contributed by atoms with Crippen LogP contribution in [-0.2, 0) is 0 Å². The number of nitrogens with zero attached hydrogens (tertiary/aromatic N) is 1. The second kappa shape index (κ2) is 4.50. The number of hydrogen-bond acceptors (Lipinski definition) is 2. The lowest BCUT2D eigenvalue weighted by molar-refractivity contribution is 1.41. The van der Waals surface area contributed by atoms with Gasteiger partial charge in [0, 0.05) is 5.56 Å². The van der Waals surface area contributed by atoms with Crippen molar-refractivity contribution in [3.63, 3.8) is 0 Å². The van der Waals surface area contributed by atoms with Crippen molar-refractivity contribution >= 4 is 5.69 Å². The van der Waals surface area contributed by atoms with Crippen molar-refractivity contribution in [3.8, 4) is 17.3 Å². The van der Waals surface area contributed by atoms with Gasteiger partial charge in [0.2, 0.25) is 0 Å². The Bertz CT molecular complexity index is 524. The normalized spacial score (nSPS) is 9.50. The number of rotatable bonds is 2. The molecule has 0 spiro atoms. The van der Waals surface area contributed by atoms with Crippen molar-refractivity contribution in [2.45, 2.75) is 6.92 Å². The summed E-state index contributed by atoms with van der Waals surface area (Å²) in [4.78, 5) is 0. The van der Waals surface area contributed by atoms with Crippen molar-refractivity contribution in [1.29, 1.82) is 5.26 Å². The van der Waals surface area contributed by atoms with Crippen molar-refractivity contribution in [2.75, 3.05) is 5.32 Å². The molecule has 16 heavy (non-hydrogen) atoms. The van der Waals surface area contributed by atoms with Gasteiger partial charge in [-0.15, -0.1) is 0 Å². The molecule has 0 amide bonds. The van der Waals surface area contributed by atoms with Gasteiger partial charge in [0.15, 0.2) is 6.19 Å². The summed E-state index contributed by atoms with van der Waals surface area (Å²) >= 11 is 0. The first-order valence-electron chi connectivity index (χ1n) is 5.13. The number of anilines is 1. The van der Waals surface area contributed by atoms with Crippen LogP contribution in [0.5, 0.6) is 0 Å². The summed E-state index contributed by atoms with van der Waals surface area (Å²) in [6.07, 6.45) is 1.98. The number of aryl methyl sites for hydroxylation is 1. The summed E-state index contributed by atoms with van der Waals surface area (Å²) in [6.45, 7) is 1.99. The largest absolute Gasteiger partial charge is 0.292 e. The Kier molecular flexibility index (Phi) is 2.88. The Hall–Kier alpha value is -2.27. The van der Waals surface area contributed by atoms with Crippen molar-refractivity contribution in [2.24, 2.45) is 0 Å². The highest BCUT2D eigenvalue weighted by Gasteiger charge is 2.06. The van der Waals surface area contributed by atoms with E-state index in [-0.39, 0.29) is 0 Å². The van der Waals surface area contributed by atoms with Gasteiger partial charge >= 0.3 is 0 Å². The average molecular weight is 208 g/mol. The zero-order valence-corrected chi connectivity index (χ0v) is 9.07. The molecule has 0 aliphatic heterocycles. The Morgan fingerprint density at radius 2 is 1.75 bits per heavy atom. The summed E-state index contributed by atoms with van der Waals surface area (Å²) in [6, 6.07) is 16.1. The number of benzene rings is 2. The predicted molar refractivity (Wildman–Crippen MR) is 65.9 cm³/mol. The molecule has 2 rings (SSSR count). The van der Waals surface area contributed by atoms with E-state index in [0.717, 1.165) is 22.4 Å². The quantitative estimate of drug-likeness (QED) is 0.605. The van der Waals surface area contributed by atoms with Crippen LogP contribution in [0.15, 0.2) is 48.5 Å². The zero-order valence-electron chi connectivity index (χ0n) is 9.07. The van der Waals surface area contributed by atoms with Crippen LogP contribution in [-0.4, -0.2) is 0 Å². The van der Waals surface area contributed by atoms with Gasteiger partial charge in [-0.05, 0) is 18.1 Å². The zero-order chi connectivity index (χ0) is 11.4. The van der Waals surface area contributed by atoms with Crippen molar-refractivity contribution < 1.29 is 0 Å². The van der Waals surface area contributed by atoms with E-state index in [1.165, 1.54) is 0 Å². The highest BCUT2D eigenvalue weighted by Crippen LogP contribution is 2.30. The van der Waals surface area contributed by atoms with Crippen LogP contribution in [0.3, 0.4) is 0 Å². The fraction of sp³-hybridized carbons (Fsp3) is 0.0714. The Morgan fingerprint density at radius 1 is 1.00 bits per heavy atom. The molecule has 0 aliphatic rings. The van der Waals surface area contributed by atoms with Gasteiger partial charge in [-0.25, -0.2) is 0 Å². The number of nitriles is 1. The minimum atomic E-state index is 0.885. The van der Waals surface area contributed by atoms with E-state index in [9.17, 15) is 0 Å². The molecular formula is C14H12N2. The van der Waals surface area contributed by atoms with Gasteiger partial charge in [0.1, 0.15) is 0 Å². The van der Waals surface area contributed by atoms with Crippen LogP contribution in [0.1, 0.15) is 5.56 Å². The summed E-state index contributed by atoms with van der Waals surface area (Å²) < 4.78 is 0. The average Bonchev–Trinajstić information content (AvgIpc) is 2.33.